The van der Waals surface area contributed by atoms with E-state index in [1.807, 2.05) is 0 Å². The van der Waals surface area contributed by atoms with Gasteiger partial charge in [-0.2, -0.15) is 0 Å². The Labute approximate surface area is 106 Å². The van der Waals surface area contributed by atoms with Crippen molar-refractivity contribution in [1.29, 1.82) is 0 Å². The average molecular weight is 230 g/mol. The molecule has 0 aromatic heterocycles. The first-order chi connectivity index (χ1) is 7.74. The molecule has 1 nitrogen and oxygen atoms in total. The summed E-state index contributed by atoms with van der Waals surface area (Å²) in [7, 11) is 4.17. The number of anilines is 1. The Kier molecular flexibility index (Phi) is 2.76. The molecule has 1 radical (unpaired) electrons. The summed E-state index contributed by atoms with van der Waals surface area (Å²) in [5.74, 6) is 0. The SMILES string of the molecule is CN(C)c1[c]cc2c(c1)C(C)(C)CCC2(C)C. The number of benzene rings is 1. The lowest BCUT2D eigenvalue weighted by Gasteiger charge is -2.42. The molecule has 0 saturated heterocycles. The van der Waals surface area contributed by atoms with Crippen LogP contribution in [0.3, 0.4) is 0 Å². The smallest absolute Gasteiger partial charge is 0.0444 e. The molecule has 0 amide bonds. The lowest BCUT2D eigenvalue weighted by Crippen LogP contribution is -2.34. The van der Waals surface area contributed by atoms with E-state index in [9.17, 15) is 0 Å². The summed E-state index contributed by atoms with van der Waals surface area (Å²) in [4.78, 5) is 2.14. The van der Waals surface area contributed by atoms with Crippen LogP contribution in [0, 0.1) is 6.07 Å². The van der Waals surface area contributed by atoms with Crippen molar-refractivity contribution in [2.75, 3.05) is 19.0 Å². The van der Waals surface area contributed by atoms with E-state index in [0.29, 0.717) is 10.8 Å². The van der Waals surface area contributed by atoms with E-state index in [-0.39, 0.29) is 0 Å². The Morgan fingerprint density at radius 3 is 2.06 bits per heavy atom. The molecule has 0 saturated carbocycles. The van der Waals surface area contributed by atoms with Crippen molar-refractivity contribution in [3.63, 3.8) is 0 Å². The summed E-state index contributed by atoms with van der Waals surface area (Å²) >= 11 is 0. The van der Waals surface area contributed by atoms with Crippen LogP contribution in [-0.4, -0.2) is 14.1 Å². The lowest BCUT2D eigenvalue weighted by atomic mass is 9.63. The van der Waals surface area contributed by atoms with E-state index in [1.54, 1.807) is 0 Å². The number of fused-ring (bicyclic) bond motifs is 1. The van der Waals surface area contributed by atoms with Gasteiger partial charge in [0.15, 0.2) is 0 Å². The van der Waals surface area contributed by atoms with Crippen LogP contribution in [0.5, 0.6) is 0 Å². The molecule has 0 spiro atoms. The number of nitrogens with zero attached hydrogens (tertiary/aromatic N) is 1. The van der Waals surface area contributed by atoms with Crippen LogP contribution in [-0.2, 0) is 10.8 Å². The molecule has 0 heterocycles. The molecule has 93 valence electrons. The highest BCUT2D eigenvalue weighted by atomic mass is 15.1. The lowest BCUT2D eigenvalue weighted by molar-refractivity contribution is 0.332. The van der Waals surface area contributed by atoms with Gasteiger partial charge in [0.1, 0.15) is 0 Å². The Bertz CT molecular complexity index is 427. The predicted molar refractivity (Wildman–Crippen MR) is 74.9 cm³/mol. The van der Waals surface area contributed by atoms with Gasteiger partial charge in [0.2, 0.25) is 0 Å². The zero-order chi connectivity index (χ0) is 12.8. The van der Waals surface area contributed by atoms with Crippen LogP contribution in [0.25, 0.3) is 0 Å². The maximum absolute atomic E-state index is 3.42. The van der Waals surface area contributed by atoms with Crippen LogP contribution in [0.1, 0.15) is 51.7 Å². The van der Waals surface area contributed by atoms with Gasteiger partial charge in [0, 0.05) is 25.8 Å². The third kappa shape index (κ3) is 2.08. The predicted octanol–water partition coefficient (Wildman–Crippen LogP) is 3.90. The number of hydrogen-bond donors (Lipinski definition) is 0. The average Bonchev–Trinajstić information content (AvgIpc) is 2.24. The molecular weight excluding hydrogens is 206 g/mol. The molecule has 1 aliphatic rings. The molecule has 17 heavy (non-hydrogen) atoms. The maximum Gasteiger partial charge on any atom is 0.0444 e. The van der Waals surface area contributed by atoms with Crippen LogP contribution < -0.4 is 4.90 Å². The van der Waals surface area contributed by atoms with E-state index in [4.69, 9.17) is 0 Å². The molecule has 1 aromatic rings. The molecule has 0 unspecified atom stereocenters. The standard InChI is InChI=1S/C16H24N/c1-15(2)9-10-16(3,4)14-11-12(17(5)6)7-8-13(14)15/h8,11H,9-10H2,1-6H3. The van der Waals surface area contributed by atoms with Gasteiger partial charge in [0.25, 0.3) is 0 Å². The summed E-state index contributed by atoms with van der Waals surface area (Å²) in [6, 6.07) is 7.96. The molecule has 0 fully saturated rings. The van der Waals surface area contributed by atoms with Gasteiger partial charge in [-0.05, 0) is 46.9 Å². The monoisotopic (exact) mass is 230 g/mol. The van der Waals surface area contributed by atoms with E-state index in [1.165, 1.54) is 29.7 Å². The fourth-order valence-electron chi connectivity index (χ4n) is 2.75. The Morgan fingerprint density at radius 2 is 1.53 bits per heavy atom. The maximum atomic E-state index is 3.42. The summed E-state index contributed by atoms with van der Waals surface area (Å²) in [6.45, 7) is 9.43. The van der Waals surface area contributed by atoms with Gasteiger partial charge in [-0.3, -0.25) is 0 Å². The molecule has 1 aliphatic carbocycles. The number of rotatable bonds is 1. The summed E-state index contributed by atoms with van der Waals surface area (Å²) < 4.78 is 0. The minimum atomic E-state index is 0.296. The Hall–Kier alpha value is -0.980. The van der Waals surface area contributed by atoms with Gasteiger partial charge < -0.3 is 4.90 Å². The van der Waals surface area contributed by atoms with Gasteiger partial charge in [-0.25, -0.2) is 0 Å². The molecule has 0 aliphatic heterocycles. The second-order valence-corrected chi connectivity index (χ2v) is 6.81. The van der Waals surface area contributed by atoms with Crippen LogP contribution in [0.15, 0.2) is 12.1 Å². The Balaban J connectivity index is 2.60. The molecule has 1 aromatic carbocycles. The first kappa shape index (κ1) is 12.5. The molecule has 1 heteroatoms. The van der Waals surface area contributed by atoms with Crippen LogP contribution >= 0.6 is 0 Å². The summed E-state index contributed by atoms with van der Waals surface area (Å²) in [6.07, 6.45) is 2.53. The first-order valence-corrected chi connectivity index (χ1v) is 6.48. The van der Waals surface area contributed by atoms with Crippen molar-refractivity contribution in [1.82, 2.24) is 0 Å². The summed E-state index contributed by atoms with van der Waals surface area (Å²) in [5.41, 5.74) is 4.78. The van der Waals surface area contributed by atoms with Crippen LogP contribution in [0.2, 0.25) is 0 Å². The second-order valence-electron chi connectivity index (χ2n) is 6.81. The third-order valence-corrected chi connectivity index (χ3v) is 4.25. The van der Waals surface area contributed by atoms with E-state index in [0.717, 1.165) is 0 Å². The van der Waals surface area contributed by atoms with E-state index < -0.39 is 0 Å². The molecule has 0 atom stereocenters. The topological polar surface area (TPSA) is 3.24 Å². The molecule has 0 N–H and O–H groups in total. The van der Waals surface area contributed by atoms with Crippen molar-refractivity contribution in [3.8, 4) is 0 Å². The normalized spacial score (nSPS) is 20.8. The highest BCUT2D eigenvalue weighted by Crippen LogP contribution is 2.46. The van der Waals surface area contributed by atoms with Crippen molar-refractivity contribution >= 4 is 5.69 Å². The van der Waals surface area contributed by atoms with Crippen molar-refractivity contribution < 1.29 is 0 Å². The highest BCUT2D eigenvalue weighted by molar-refractivity contribution is 5.53. The zero-order valence-electron chi connectivity index (χ0n) is 12.0. The van der Waals surface area contributed by atoms with Crippen molar-refractivity contribution in [2.24, 2.45) is 0 Å². The third-order valence-electron chi connectivity index (χ3n) is 4.25. The van der Waals surface area contributed by atoms with E-state index in [2.05, 4.69) is 64.9 Å². The molecule has 0 bridgehead atoms. The van der Waals surface area contributed by atoms with Crippen LogP contribution in [0.4, 0.5) is 5.69 Å². The van der Waals surface area contributed by atoms with Crippen molar-refractivity contribution in [3.05, 3.63) is 29.3 Å². The molecular formula is C16H24N. The minimum absolute atomic E-state index is 0.296. The largest absolute Gasteiger partial charge is 0.377 e. The summed E-state index contributed by atoms with van der Waals surface area (Å²) in [5, 5.41) is 0. The molecule has 2 rings (SSSR count). The minimum Gasteiger partial charge on any atom is -0.377 e. The van der Waals surface area contributed by atoms with Gasteiger partial charge in [-0.15, -0.1) is 0 Å². The van der Waals surface area contributed by atoms with Gasteiger partial charge >= 0.3 is 0 Å². The number of hydrogen-bond acceptors (Lipinski definition) is 1. The zero-order valence-corrected chi connectivity index (χ0v) is 12.0. The second kappa shape index (κ2) is 3.76. The van der Waals surface area contributed by atoms with E-state index >= 15 is 0 Å². The van der Waals surface area contributed by atoms with Gasteiger partial charge in [0.05, 0.1) is 0 Å². The fraction of sp³-hybridized carbons (Fsp3) is 0.625. The fourth-order valence-corrected chi connectivity index (χ4v) is 2.75. The first-order valence-electron chi connectivity index (χ1n) is 6.48. The van der Waals surface area contributed by atoms with Gasteiger partial charge in [-0.1, -0.05) is 27.7 Å². The van der Waals surface area contributed by atoms with Crippen molar-refractivity contribution in [2.45, 2.75) is 51.4 Å². The highest BCUT2D eigenvalue weighted by Gasteiger charge is 2.37. The Morgan fingerprint density at radius 1 is 1.00 bits per heavy atom. The quantitative estimate of drug-likeness (QED) is 0.707.